The zero-order chi connectivity index (χ0) is 11.9. The highest BCUT2D eigenvalue weighted by Gasteiger charge is 2.38. The molecule has 1 atom stereocenters. The fourth-order valence-corrected chi connectivity index (χ4v) is 0.234. The Labute approximate surface area is 82.1 Å². The van der Waals surface area contributed by atoms with Gasteiger partial charge in [-0.3, -0.25) is 4.79 Å². The van der Waals surface area contributed by atoms with Crippen LogP contribution >= 0.6 is 12.6 Å². The number of alkyl halides is 3. The highest BCUT2D eigenvalue weighted by atomic mass is 32.1. The molecule has 4 N–H and O–H groups in total. The minimum absolute atomic E-state index is 0.190. The molecular formula is C5H8F3NO4S. The topological polar surface area (TPSA) is 101 Å². The lowest BCUT2D eigenvalue weighted by Gasteiger charge is -1.96. The molecule has 0 aliphatic carbocycles. The first-order valence-corrected chi connectivity index (χ1v) is 3.65. The van der Waals surface area contributed by atoms with Crippen LogP contribution in [0.2, 0.25) is 0 Å². The SMILES string of the molecule is N[C@@H](CS)C(=O)O.O=C(O)C(F)(F)F. The maximum absolute atomic E-state index is 10.6. The van der Waals surface area contributed by atoms with Gasteiger partial charge in [-0.1, -0.05) is 0 Å². The molecule has 0 aliphatic heterocycles. The highest BCUT2D eigenvalue weighted by molar-refractivity contribution is 7.80. The van der Waals surface area contributed by atoms with Crippen LogP contribution in [0, 0.1) is 0 Å². The lowest BCUT2D eigenvalue weighted by atomic mass is 10.4. The second kappa shape index (κ2) is 6.49. The number of thiol groups is 1. The van der Waals surface area contributed by atoms with Gasteiger partial charge < -0.3 is 15.9 Å². The molecule has 0 unspecified atom stereocenters. The Hall–Kier alpha value is -0.960. The maximum Gasteiger partial charge on any atom is 0.490 e. The second-order valence-corrected chi connectivity index (χ2v) is 2.30. The smallest absolute Gasteiger partial charge is 0.480 e. The van der Waals surface area contributed by atoms with E-state index in [1.807, 2.05) is 0 Å². The van der Waals surface area contributed by atoms with Gasteiger partial charge >= 0.3 is 18.1 Å². The Bertz CT molecular complexity index is 208. The van der Waals surface area contributed by atoms with Gasteiger partial charge in [-0.25, -0.2) is 4.79 Å². The quantitative estimate of drug-likeness (QED) is 0.503. The minimum atomic E-state index is -5.08. The molecule has 0 aromatic carbocycles. The summed E-state index contributed by atoms with van der Waals surface area (Å²) in [6.07, 6.45) is -5.08. The molecule has 5 nitrogen and oxygen atoms in total. The van der Waals surface area contributed by atoms with E-state index in [-0.39, 0.29) is 5.75 Å². The predicted molar refractivity (Wildman–Crippen MR) is 43.2 cm³/mol. The number of hydrogen-bond acceptors (Lipinski definition) is 4. The van der Waals surface area contributed by atoms with Crippen molar-refractivity contribution in [3.63, 3.8) is 0 Å². The lowest BCUT2D eigenvalue weighted by Crippen LogP contribution is -2.31. The number of carboxylic acids is 2. The van der Waals surface area contributed by atoms with E-state index in [1.165, 1.54) is 0 Å². The van der Waals surface area contributed by atoms with E-state index in [1.54, 1.807) is 0 Å². The van der Waals surface area contributed by atoms with E-state index < -0.39 is 24.2 Å². The molecule has 0 saturated carbocycles. The summed E-state index contributed by atoms with van der Waals surface area (Å²) in [4.78, 5) is 18.7. The lowest BCUT2D eigenvalue weighted by molar-refractivity contribution is -0.192. The first-order valence-electron chi connectivity index (χ1n) is 3.02. The number of hydrogen-bond donors (Lipinski definition) is 4. The largest absolute Gasteiger partial charge is 0.490 e. The van der Waals surface area contributed by atoms with Crippen molar-refractivity contribution in [2.45, 2.75) is 12.2 Å². The van der Waals surface area contributed by atoms with Crippen molar-refractivity contribution in [3.05, 3.63) is 0 Å². The molecule has 0 heterocycles. The van der Waals surface area contributed by atoms with Crippen LogP contribution in [0.5, 0.6) is 0 Å². The molecule has 0 bridgehead atoms. The van der Waals surface area contributed by atoms with Gasteiger partial charge in [0.1, 0.15) is 6.04 Å². The number of carbonyl (C=O) groups is 2. The molecule has 0 aromatic rings. The molecule has 0 rings (SSSR count). The van der Waals surface area contributed by atoms with Crippen LogP contribution in [-0.4, -0.2) is 40.1 Å². The predicted octanol–water partition coefficient (Wildman–Crippen LogP) is -0.0386. The number of nitrogens with two attached hydrogens (primary N) is 1. The molecule has 0 radical (unpaired) electrons. The zero-order valence-electron chi connectivity index (χ0n) is 6.65. The summed E-state index contributed by atoms with van der Waals surface area (Å²) >= 11 is 3.65. The van der Waals surface area contributed by atoms with Crippen molar-refractivity contribution in [2.24, 2.45) is 5.73 Å². The highest BCUT2D eigenvalue weighted by Crippen LogP contribution is 2.13. The second-order valence-electron chi connectivity index (χ2n) is 1.93. The maximum atomic E-state index is 10.6. The van der Waals surface area contributed by atoms with Gasteiger partial charge in [-0.2, -0.15) is 25.8 Å². The van der Waals surface area contributed by atoms with Crippen molar-refractivity contribution < 1.29 is 33.0 Å². The van der Waals surface area contributed by atoms with Gasteiger partial charge in [0.15, 0.2) is 0 Å². The molecule has 0 spiro atoms. The van der Waals surface area contributed by atoms with E-state index >= 15 is 0 Å². The molecule has 0 aliphatic rings. The number of halogens is 3. The van der Waals surface area contributed by atoms with Crippen molar-refractivity contribution in [2.75, 3.05) is 5.75 Å². The Balaban J connectivity index is 0. The molecule has 0 saturated heterocycles. The monoisotopic (exact) mass is 235 g/mol. The molecule has 0 aromatic heterocycles. The van der Waals surface area contributed by atoms with Crippen molar-refractivity contribution in [3.8, 4) is 0 Å². The minimum Gasteiger partial charge on any atom is -0.480 e. The summed E-state index contributed by atoms with van der Waals surface area (Å²) in [5.74, 6) is -3.57. The fourth-order valence-electron chi connectivity index (χ4n) is 0.0781. The van der Waals surface area contributed by atoms with Crippen LogP contribution < -0.4 is 5.73 Å². The van der Waals surface area contributed by atoms with Gasteiger partial charge in [0.05, 0.1) is 0 Å². The van der Waals surface area contributed by atoms with Crippen molar-refractivity contribution >= 4 is 24.6 Å². The average molecular weight is 235 g/mol. The standard InChI is InChI=1S/C3H7NO2S.C2HF3O2/c4-2(1-7)3(5)6;3-2(4,5)1(6)7/h2,7H,1,4H2,(H,5,6);(H,6,7)/t2-;/m0./s1. The van der Waals surface area contributed by atoms with E-state index in [4.69, 9.17) is 20.7 Å². The molecule has 0 amide bonds. The Morgan fingerprint density at radius 1 is 1.36 bits per heavy atom. The van der Waals surface area contributed by atoms with Crippen LogP contribution in [0.25, 0.3) is 0 Å². The van der Waals surface area contributed by atoms with Gasteiger partial charge in [0.2, 0.25) is 0 Å². The number of carboxylic acid groups (broad SMARTS) is 2. The summed E-state index contributed by atoms with van der Waals surface area (Å²) < 4.78 is 31.7. The van der Waals surface area contributed by atoms with Crippen LogP contribution in [0.4, 0.5) is 13.2 Å². The van der Waals surface area contributed by atoms with E-state index in [9.17, 15) is 18.0 Å². The molecule has 14 heavy (non-hydrogen) atoms. The van der Waals surface area contributed by atoms with Crippen LogP contribution in [0.1, 0.15) is 0 Å². The first-order chi connectivity index (χ1) is 6.12. The number of rotatable bonds is 2. The fraction of sp³-hybridized carbons (Fsp3) is 0.600. The third-order valence-electron chi connectivity index (χ3n) is 0.756. The van der Waals surface area contributed by atoms with Crippen LogP contribution in [0.3, 0.4) is 0 Å². The number of aliphatic carboxylic acids is 2. The van der Waals surface area contributed by atoms with E-state index in [0.717, 1.165) is 0 Å². The Morgan fingerprint density at radius 2 is 1.64 bits per heavy atom. The Morgan fingerprint density at radius 3 is 1.64 bits per heavy atom. The van der Waals surface area contributed by atoms with Crippen molar-refractivity contribution in [1.29, 1.82) is 0 Å². The summed E-state index contributed by atoms with van der Waals surface area (Å²) in [7, 11) is 0. The Kier molecular flexibility index (Phi) is 7.19. The van der Waals surface area contributed by atoms with Crippen LogP contribution in [0.15, 0.2) is 0 Å². The van der Waals surface area contributed by atoms with Gasteiger partial charge in [-0.15, -0.1) is 0 Å². The van der Waals surface area contributed by atoms with Crippen molar-refractivity contribution in [1.82, 2.24) is 0 Å². The van der Waals surface area contributed by atoms with Gasteiger partial charge in [0.25, 0.3) is 0 Å². The van der Waals surface area contributed by atoms with E-state index in [2.05, 4.69) is 12.6 Å². The zero-order valence-corrected chi connectivity index (χ0v) is 7.55. The molecule has 0 fully saturated rings. The molecule has 9 heteroatoms. The normalized spacial score (nSPS) is 12.4. The third-order valence-corrected chi connectivity index (χ3v) is 1.15. The third kappa shape index (κ3) is 9.13. The van der Waals surface area contributed by atoms with Crippen LogP contribution in [-0.2, 0) is 9.59 Å². The van der Waals surface area contributed by atoms with E-state index in [0.29, 0.717) is 0 Å². The van der Waals surface area contributed by atoms with Gasteiger partial charge in [0, 0.05) is 5.75 Å². The molecular weight excluding hydrogens is 227 g/mol. The summed E-state index contributed by atoms with van der Waals surface area (Å²) in [5, 5.41) is 15.1. The summed E-state index contributed by atoms with van der Waals surface area (Å²) in [6.45, 7) is 0. The molecule has 84 valence electrons. The summed E-state index contributed by atoms with van der Waals surface area (Å²) in [5.41, 5.74) is 4.94. The first kappa shape index (κ1) is 15.5. The summed E-state index contributed by atoms with van der Waals surface area (Å²) in [6, 6.07) is -0.816. The average Bonchev–Trinajstić information content (AvgIpc) is 2.02. The van der Waals surface area contributed by atoms with Gasteiger partial charge in [-0.05, 0) is 0 Å².